The third kappa shape index (κ3) is 2.54. The summed E-state index contributed by atoms with van der Waals surface area (Å²) in [4.78, 5) is 0. The van der Waals surface area contributed by atoms with E-state index in [1.165, 1.54) is 11.1 Å². The van der Waals surface area contributed by atoms with Gasteiger partial charge in [0.25, 0.3) is 0 Å². The average Bonchev–Trinajstić information content (AvgIpc) is 2.39. The maximum atomic E-state index is 6.28. The van der Waals surface area contributed by atoms with Gasteiger partial charge in [-0.3, -0.25) is 0 Å². The molecule has 2 aromatic carbocycles. The van der Waals surface area contributed by atoms with Crippen LogP contribution in [0.3, 0.4) is 0 Å². The fraction of sp³-hybridized carbons (Fsp3) is 0.200. The summed E-state index contributed by atoms with van der Waals surface area (Å²) in [6.45, 7) is 2.66. The van der Waals surface area contributed by atoms with Crippen LogP contribution in [0.25, 0.3) is 0 Å². The van der Waals surface area contributed by atoms with E-state index in [0.717, 1.165) is 11.1 Å². The normalized spacial score (nSPS) is 12.4. The number of benzene rings is 2. The maximum Gasteiger partial charge on any atom is 0.0554 e. The fourth-order valence-corrected chi connectivity index (χ4v) is 1.98. The molecule has 2 rings (SSSR count). The first kappa shape index (κ1) is 11.8. The molecule has 0 aliphatic heterocycles. The molecule has 17 heavy (non-hydrogen) atoms. The van der Waals surface area contributed by atoms with Crippen molar-refractivity contribution in [2.75, 3.05) is 0 Å². The highest BCUT2D eigenvalue weighted by Crippen LogP contribution is 2.22. The van der Waals surface area contributed by atoms with E-state index in [-0.39, 0.29) is 6.04 Å². The van der Waals surface area contributed by atoms with E-state index in [2.05, 4.69) is 31.2 Å². The standard InChI is InChI=1S/C15H18N2/c1-11-4-2-3-5-14(11)15(17)13-8-6-12(10-16)7-9-13/h2-9,15H,10,16-17H2,1H3. The summed E-state index contributed by atoms with van der Waals surface area (Å²) in [6.07, 6.45) is 0. The zero-order valence-electron chi connectivity index (χ0n) is 10.1. The van der Waals surface area contributed by atoms with Crippen molar-refractivity contribution in [3.63, 3.8) is 0 Å². The van der Waals surface area contributed by atoms with Crippen LogP contribution in [0.15, 0.2) is 48.5 Å². The second-order valence-corrected chi connectivity index (χ2v) is 4.28. The average molecular weight is 226 g/mol. The summed E-state index contributed by atoms with van der Waals surface area (Å²) in [5, 5.41) is 0. The minimum atomic E-state index is -0.0666. The van der Waals surface area contributed by atoms with Gasteiger partial charge in [0.15, 0.2) is 0 Å². The van der Waals surface area contributed by atoms with E-state index in [9.17, 15) is 0 Å². The molecule has 4 N–H and O–H groups in total. The molecule has 0 heterocycles. The molecule has 0 spiro atoms. The van der Waals surface area contributed by atoms with Gasteiger partial charge < -0.3 is 11.5 Å². The highest BCUT2D eigenvalue weighted by Gasteiger charge is 2.10. The summed E-state index contributed by atoms with van der Waals surface area (Å²) < 4.78 is 0. The predicted molar refractivity (Wildman–Crippen MR) is 71.5 cm³/mol. The van der Waals surface area contributed by atoms with Gasteiger partial charge in [-0.05, 0) is 29.2 Å². The summed E-state index contributed by atoms with van der Waals surface area (Å²) >= 11 is 0. The topological polar surface area (TPSA) is 52.0 Å². The van der Waals surface area contributed by atoms with Crippen molar-refractivity contribution in [1.82, 2.24) is 0 Å². The van der Waals surface area contributed by atoms with E-state index in [1.807, 2.05) is 24.3 Å². The van der Waals surface area contributed by atoms with Gasteiger partial charge in [-0.25, -0.2) is 0 Å². The Morgan fingerprint density at radius 1 is 1.00 bits per heavy atom. The van der Waals surface area contributed by atoms with Crippen molar-refractivity contribution >= 4 is 0 Å². The van der Waals surface area contributed by atoms with Crippen molar-refractivity contribution in [3.8, 4) is 0 Å². The zero-order chi connectivity index (χ0) is 12.3. The molecule has 0 aliphatic carbocycles. The van der Waals surface area contributed by atoms with Gasteiger partial charge in [0.1, 0.15) is 0 Å². The van der Waals surface area contributed by atoms with Crippen LogP contribution < -0.4 is 11.5 Å². The molecule has 0 saturated heterocycles. The lowest BCUT2D eigenvalue weighted by atomic mass is 9.95. The number of hydrogen-bond donors (Lipinski definition) is 2. The Morgan fingerprint density at radius 3 is 2.24 bits per heavy atom. The quantitative estimate of drug-likeness (QED) is 0.845. The second kappa shape index (κ2) is 5.13. The minimum Gasteiger partial charge on any atom is -0.326 e. The van der Waals surface area contributed by atoms with E-state index in [0.29, 0.717) is 6.54 Å². The SMILES string of the molecule is Cc1ccccc1C(N)c1ccc(CN)cc1. The molecule has 88 valence electrons. The first-order valence-corrected chi connectivity index (χ1v) is 5.82. The number of rotatable bonds is 3. The molecular formula is C15H18N2. The molecule has 0 aliphatic rings. The molecule has 0 radical (unpaired) electrons. The third-order valence-corrected chi connectivity index (χ3v) is 3.10. The highest BCUT2D eigenvalue weighted by molar-refractivity contribution is 5.37. The summed E-state index contributed by atoms with van der Waals surface area (Å²) in [7, 11) is 0. The van der Waals surface area contributed by atoms with Crippen molar-refractivity contribution in [3.05, 3.63) is 70.8 Å². The summed E-state index contributed by atoms with van der Waals surface area (Å²) in [5.74, 6) is 0. The van der Waals surface area contributed by atoms with Crippen LogP contribution >= 0.6 is 0 Å². The number of aryl methyl sites for hydroxylation is 1. The molecule has 0 fully saturated rings. The molecule has 0 amide bonds. The lowest BCUT2D eigenvalue weighted by Gasteiger charge is -2.15. The molecule has 0 saturated carbocycles. The third-order valence-electron chi connectivity index (χ3n) is 3.10. The highest BCUT2D eigenvalue weighted by atomic mass is 14.6. The fourth-order valence-electron chi connectivity index (χ4n) is 1.98. The van der Waals surface area contributed by atoms with Crippen LogP contribution in [0.2, 0.25) is 0 Å². The summed E-state index contributed by atoms with van der Waals surface area (Å²) in [5.41, 5.74) is 16.5. The molecule has 2 nitrogen and oxygen atoms in total. The van der Waals surface area contributed by atoms with Crippen LogP contribution in [-0.2, 0) is 6.54 Å². The molecule has 1 unspecified atom stereocenters. The summed E-state index contributed by atoms with van der Waals surface area (Å²) in [6, 6.07) is 16.3. The zero-order valence-corrected chi connectivity index (χ0v) is 10.1. The van der Waals surface area contributed by atoms with Gasteiger partial charge in [-0.15, -0.1) is 0 Å². The maximum absolute atomic E-state index is 6.28. The smallest absolute Gasteiger partial charge is 0.0554 e. The Hall–Kier alpha value is -1.64. The molecular weight excluding hydrogens is 208 g/mol. The number of hydrogen-bond acceptors (Lipinski definition) is 2. The molecule has 0 aromatic heterocycles. The monoisotopic (exact) mass is 226 g/mol. The van der Waals surface area contributed by atoms with E-state index in [1.54, 1.807) is 0 Å². The molecule has 1 atom stereocenters. The Labute approximate surface area is 102 Å². The van der Waals surface area contributed by atoms with Crippen LogP contribution in [0.4, 0.5) is 0 Å². The van der Waals surface area contributed by atoms with Crippen molar-refractivity contribution in [2.45, 2.75) is 19.5 Å². The Balaban J connectivity index is 2.30. The van der Waals surface area contributed by atoms with Crippen molar-refractivity contribution < 1.29 is 0 Å². The van der Waals surface area contributed by atoms with Gasteiger partial charge in [0.05, 0.1) is 6.04 Å². The lowest BCUT2D eigenvalue weighted by Crippen LogP contribution is -2.13. The predicted octanol–water partition coefficient (Wildman–Crippen LogP) is 2.50. The van der Waals surface area contributed by atoms with Crippen LogP contribution in [0, 0.1) is 6.92 Å². The minimum absolute atomic E-state index is 0.0666. The lowest BCUT2D eigenvalue weighted by molar-refractivity contribution is 0.859. The van der Waals surface area contributed by atoms with E-state index >= 15 is 0 Å². The largest absolute Gasteiger partial charge is 0.326 e. The van der Waals surface area contributed by atoms with Crippen molar-refractivity contribution in [1.29, 1.82) is 0 Å². The Kier molecular flexibility index (Phi) is 3.57. The van der Waals surface area contributed by atoms with Gasteiger partial charge in [-0.1, -0.05) is 48.5 Å². The van der Waals surface area contributed by atoms with E-state index < -0.39 is 0 Å². The first-order valence-electron chi connectivity index (χ1n) is 5.82. The molecule has 0 bridgehead atoms. The molecule has 2 heteroatoms. The van der Waals surface area contributed by atoms with Crippen LogP contribution in [0.5, 0.6) is 0 Å². The van der Waals surface area contributed by atoms with Gasteiger partial charge in [0.2, 0.25) is 0 Å². The van der Waals surface area contributed by atoms with E-state index in [4.69, 9.17) is 11.5 Å². The molecule has 2 aromatic rings. The van der Waals surface area contributed by atoms with Crippen LogP contribution in [0.1, 0.15) is 28.3 Å². The Morgan fingerprint density at radius 2 is 1.65 bits per heavy atom. The Bertz CT molecular complexity index is 489. The number of nitrogens with two attached hydrogens (primary N) is 2. The van der Waals surface area contributed by atoms with Crippen molar-refractivity contribution in [2.24, 2.45) is 11.5 Å². The van der Waals surface area contributed by atoms with Crippen LogP contribution in [-0.4, -0.2) is 0 Å². The van der Waals surface area contributed by atoms with Gasteiger partial charge in [-0.2, -0.15) is 0 Å². The first-order chi connectivity index (χ1) is 8.22. The second-order valence-electron chi connectivity index (χ2n) is 4.28. The van der Waals surface area contributed by atoms with Gasteiger partial charge >= 0.3 is 0 Å². The van der Waals surface area contributed by atoms with Gasteiger partial charge in [0, 0.05) is 6.54 Å².